The number of benzene rings is 1. The highest BCUT2D eigenvalue weighted by Crippen LogP contribution is 2.35. The Morgan fingerprint density at radius 3 is 2.53 bits per heavy atom. The molecular formula is C24H37FIN5O. The summed E-state index contributed by atoms with van der Waals surface area (Å²) in [5, 5.41) is 8.06. The second-order valence-electron chi connectivity index (χ2n) is 8.79. The summed E-state index contributed by atoms with van der Waals surface area (Å²) in [6.45, 7) is 9.99. The smallest absolute Gasteiger partial charge is 0.193 e. The summed E-state index contributed by atoms with van der Waals surface area (Å²) in [5.74, 6) is 1.03. The van der Waals surface area contributed by atoms with Gasteiger partial charge in [-0.05, 0) is 43.4 Å². The highest BCUT2D eigenvalue weighted by atomic mass is 127. The summed E-state index contributed by atoms with van der Waals surface area (Å²) in [5.41, 5.74) is 3.33. The van der Waals surface area contributed by atoms with E-state index in [1.165, 1.54) is 5.56 Å². The van der Waals surface area contributed by atoms with Gasteiger partial charge in [-0.3, -0.25) is 9.67 Å². The number of hydrogen-bond acceptors (Lipinski definition) is 3. The van der Waals surface area contributed by atoms with E-state index in [4.69, 9.17) is 9.73 Å². The van der Waals surface area contributed by atoms with Crippen molar-refractivity contribution in [3.8, 4) is 0 Å². The normalized spacial score (nSPS) is 16.0. The fraction of sp³-hybridized carbons (Fsp3) is 0.583. The zero-order valence-electron chi connectivity index (χ0n) is 19.9. The molecule has 32 heavy (non-hydrogen) atoms. The van der Waals surface area contributed by atoms with Crippen molar-refractivity contribution < 1.29 is 9.13 Å². The Bertz CT molecular complexity index is 875. The van der Waals surface area contributed by atoms with Crippen molar-refractivity contribution in [1.82, 2.24) is 20.0 Å². The van der Waals surface area contributed by atoms with E-state index in [0.29, 0.717) is 25.7 Å². The second kappa shape index (κ2) is 12.0. The van der Waals surface area contributed by atoms with Gasteiger partial charge in [0.25, 0.3) is 0 Å². The molecule has 0 bridgehead atoms. The molecule has 0 atom stereocenters. The average molecular weight is 557 g/mol. The lowest BCUT2D eigenvalue weighted by Crippen LogP contribution is -2.42. The van der Waals surface area contributed by atoms with Crippen LogP contribution in [0.3, 0.4) is 0 Å². The zero-order chi connectivity index (χ0) is 22.4. The number of hydrogen-bond donors (Lipinski definition) is 1. The van der Waals surface area contributed by atoms with E-state index < -0.39 is 0 Å². The maximum atomic E-state index is 13.5. The summed E-state index contributed by atoms with van der Waals surface area (Å²) >= 11 is 0. The molecule has 0 unspecified atom stereocenters. The lowest BCUT2D eigenvalue weighted by atomic mass is 9.74. The van der Waals surface area contributed by atoms with Gasteiger partial charge in [-0.25, -0.2) is 4.39 Å². The van der Waals surface area contributed by atoms with E-state index >= 15 is 0 Å². The van der Waals surface area contributed by atoms with Gasteiger partial charge in [0.05, 0.1) is 12.2 Å². The first-order valence-corrected chi connectivity index (χ1v) is 11.2. The Labute approximate surface area is 208 Å². The van der Waals surface area contributed by atoms with Crippen LogP contribution in [0.5, 0.6) is 0 Å². The monoisotopic (exact) mass is 557 g/mol. The van der Waals surface area contributed by atoms with E-state index in [2.05, 4.69) is 49.3 Å². The van der Waals surface area contributed by atoms with Gasteiger partial charge in [-0.2, -0.15) is 5.10 Å². The molecule has 0 amide bonds. The third kappa shape index (κ3) is 6.43. The molecule has 1 aliphatic heterocycles. The molecule has 1 aliphatic rings. The molecule has 2 heterocycles. The van der Waals surface area contributed by atoms with Gasteiger partial charge in [0.15, 0.2) is 5.96 Å². The molecule has 178 valence electrons. The Morgan fingerprint density at radius 1 is 1.28 bits per heavy atom. The summed E-state index contributed by atoms with van der Waals surface area (Å²) in [6, 6.07) is 6.89. The number of nitrogens with zero attached hydrogens (tertiary/aromatic N) is 4. The number of rotatable bonds is 7. The lowest BCUT2D eigenvalue weighted by Gasteiger charge is -2.37. The molecule has 0 aliphatic carbocycles. The van der Waals surface area contributed by atoms with Gasteiger partial charge < -0.3 is 15.0 Å². The molecule has 3 rings (SSSR count). The summed E-state index contributed by atoms with van der Waals surface area (Å²) < 4.78 is 21.0. The maximum absolute atomic E-state index is 13.5. The fourth-order valence-electron chi connectivity index (χ4n) is 4.29. The molecule has 2 aromatic rings. The fourth-order valence-corrected chi connectivity index (χ4v) is 4.29. The largest absolute Gasteiger partial charge is 0.381 e. The molecule has 6 nitrogen and oxygen atoms in total. The molecule has 1 N–H and O–H groups in total. The molecule has 0 saturated carbocycles. The van der Waals surface area contributed by atoms with Crippen LogP contribution in [0.1, 0.15) is 56.4 Å². The highest BCUT2D eigenvalue weighted by Gasteiger charge is 2.34. The van der Waals surface area contributed by atoms with Crippen molar-refractivity contribution >= 4 is 29.9 Å². The molecule has 1 aromatic heterocycles. The van der Waals surface area contributed by atoms with Gasteiger partial charge in [0.1, 0.15) is 5.82 Å². The summed E-state index contributed by atoms with van der Waals surface area (Å²) in [4.78, 5) is 7.20. The lowest BCUT2D eigenvalue weighted by molar-refractivity contribution is 0.0530. The predicted molar refractivity (Wildman–Crippen MR) is 138 cm³/mol. The topological polar surface area (TPSA) is 54.7 Å². The summed E-state index contributed by atoms with van der Waals surface area (Å²) in [6.07, 6.45) is 3.85. The molecule has 1 aromatic carbocycles. The minimum absolute atomic E-state index is 0. The van der Waals surface area contributed by atoms with Gasteiger partial charge in [0.2, 0.25) is 0 Å². The van der Waals surface area contributed by atoms with Crippen molar-refractivity contribution in [2.24, 2.45) is 12.0 Å². The molecule has 8 heteroatoms. The predicted octanol–water partition coefficient (Wildman–Crippen LogP) is 4.45. The van der Waals surface area contributed by atoms with Crippen LogP contribution in [-0.2, 0) is 23.7 Å². The minimum atomic E-state index is -0.208. The van der Waals surface area contributed by atoms with Gasteiger partial charge in [-0.15, -0.1) is 24.0 Å². The number of aliphatic imine (C=N–C) groups is 1. The molecule has 1 fully saturated rings. The number of nitrogens with one attached hydrogen (secondary N) is 1. The van der Waals surface area contributed by atoms with Crippen LogP contribution >= 0.6 is 24.0 Å². The first-order chi connectivity index (χ1) is 14.8. The molecule has 0 radical (unpaired) electrons. The summed E-state index contributed by atoms with van der Waals surface area (Å²) in [7, 11) is 4.03. The Balaban J connectivity index is 0.00000363. The van der Waals surface area contributed by atoms with Crippen molar-refractivity contribution in [3.05, 3.63) is 53.1 Å². The Hall–Kier alpha value is -1.68. The van der Waals surface area contributed by atoms with E-state index in [1.54, 1.807) is 12.1 Å². The van der Waals surface area contributed by atoms with Crippen LogP contribution in [0.25, 0.3) is 0 Å². The van der Waals surface area contributed by atoms with Crippen LogP contribution in [0, 0.1) is 5.82 Å². The molecule has 0 spiro atoms. The minimum Gasteiger partial charge on any atom is -0.381 e. The zero-order valence-corrected chi connectivity index (χ0v) is 22.2. The van der Waals surface area contributed by atoms with E-state index in [-0.39, 0.29) is 35.2 Å². The molecular weight excluding hydrogens is 520 g/mol. The third-order valence-electron chi connectivity index (χ3n) is 6.03. The molecule has 1 saturated heterocycles. The second-order valence-corrected chi connectivity index (χ2v) is 8.79. The standard InChI is InChI=1S/C24H36FN5O.HI/c1-6-26-23(29(4)15-19-16-30(5)28-22(19)18(2)3)27-17-24(11-13-31-14-12-24)20-7-9-21(25)10-8-20;/h7-10,16,18H,6,11-15,17H2,1-5H3,(H,26,27);1H. The first kappa shape index (κ1) is 26.6. The SMILES string of the molecule is CCNC(=NCC1(c2ccc(F)cc2)CCOCC1)N(C)Cc1cn(C)nc1C(C)C.I. The van der Waals surface area contributed by atoms with Gasteiger partial charge in [0, 0.05) is 57.6 Å². The van der Waals surface area contributed by atoms with Crippen LogP contribution in [0.2, 0.25) is 0 Å². The van der Waals surface area contributed by atoms with Crippen molar-refractivity contribution in [2.75, 3.05) is 33.4 Å². The third-order valence-corrected chi connectivity index (χ3v) is 6.03. The van der Waals surface area contributed by atoms with Crippen molar-refractivity contribution in [1.29, 1.82) is 0 Å². The number of ether oxygens (including phenoxy) is 1. The van der Waals surface area contributed by atoms with Crippen LogP contribution in [0.4, 0.5) is 4.39 Å². The maximum Gasteiger partial charge on any atom is 0.193 e. The Morgan fingerprint density at radius 2 is 1.94 bits per heavy atom. The van der Waals surface area contributed by atoms with Crippen LogP contribution in [0.15, 0.2) is 35.5 Å². The van der Waals surface area contributed by atoms with Gasteiger partial charge >= 0.3 is 0 Å². The van der Waals surface area contributed by atoms with E-state index in [9.17, 15) is 4.39 Å². The van der Waals surface area contributed by atoms with E-state index in [1.807, 2.05) is 23.9 Å². The first-order valence-electron chi connectivity index (χ1n) is 11.2. The number of guanidine groups is 1. The Kier molecular flexibility index (Phi) is 9.94. The number of aryl methyl sites for hydroxylation is 1. The number of aromatic nitrogens is 2. The van der Waals surface area contributed by atoms with E-state index in [0.717, 1.165) is 43.1 Å². The van der Waals surface area contributed by atoms with Gasteiger partial charge in [-0.1, -0.05) is 26.0 Å². The number of halogens is 2. The van der Waals surface area contributed by atoms with Crippen LogP contribution < -0.4 is 5.32 Å². The average Bonchev–Trinajstić information content (AvgIpc) is 3.12. The van der Waals surface area contributed by atoms with Crippen molar-refractivity contribution in [3.63, 3.8) is 0 Å². The highest BCUT2D eigenvalue weighted by molar-refractivity contribution is 14.0. The van der Waals surface area contributed by atoms with Crippen molar-refractivity contribution in [2.45, 2.75) is 51.5 Å². The van der Waals surface area contributed by atoms with Crippen LogP contribution in [-0.4, -0.2) is 54.0 Å². The quantitative estimate of drug-likeness (QED) is 0.311.